The third-order valence-electron chi connectivity index (χ3n) is 4.09. The summed E-state index contributed by atoms with van der Waals surface area (Å²) in [6.07, 6.45) is 1.69. The molecule has 0 atom stereocenters. The highest BCUT2D eigenvalue weighted by atomic mass is 16.6. The predicted molar refractivity (Wildman–Crippen MR) is 100 cm³/mol. The summed E-state index contributed by atoms with van der Waals surface area (Å²) >= 11 is 0. The third kappa shape index (κ3) is 2.80. The Bertz CT molecular complexity index is 1070. The lowest BCUT2D eigenvalue weighted by Gasteiger charge is -2.09. The van der Waals surface area contributed by atoms with Crippen LogP contribution >= 0.6 is 0 Å². The average Bonchev–Trinajstić information content (AvgIpc) is 3.13. The van der Waals surface area contributed by atoms with Gasteiger partial charge in [0.15, 0.2) is 0 Å². The molecule has 0 aliphatic rings. The molecule has 5 heteroatoms. The van der Waals surface area contributed by atoms with Crippen LogP contribution in [0.4, 0.5) is 11.5 Å². The highest BCUT2D eigenvalue weighted by Crippen LogP contribution is 2.31. The molecule has 5 nitrogen and oxygen atoms in total. The van der Waals surface area contributed by atoms with Crippen molar-refractivity contribution in [3.8, 4) is 0 Å². The van der Waals surface area contributed by atoms with Crippen LogP contribution in [0.5, 0.6) is 0 Å². The van der Waals surface area contributed by atoms with Crippen LogP contribution in [0, 0.1) is 0 Å². The van der Waals surface area contributed by atoms with E-state index in [4.69, 9.17) is 14.2 Å². The second-order valence-corrected chi connectivity index (χ2v) is 5.70. The highest BCUT2D eigenvalue weighted by molar-refractivity contribution is 6.07. The van der Waals surface area contributed by atoms with Crippen LogP contribution in [0.25, 0.3) is 21.9 Å². The van der Waals surface area contributed by atoms with Crippen molar-refractivity contribution in [1.82, 2.24) is 4.98 Å². The first kappa shape index (κ1) is 15.2. The first-order valence-electron chi connectivity index (χ1n) is 7.97. The monoisotopic (exact) mass is 331 g/mol. The van der Waals surface area contributed by atoms with Gasteiger partial charge in [-0.3, -0.25) is 0 Å². The van der Waals surface area contributed by atoms with Crippen molar-refractivity contribution >= 4 is 39.1 Å². The zero-order chi connectivity index (χ0) is 17.2. The largest absolute Gasteiger partial charge is 0.463 e. The Morgan fingerprint density at radius 3 is 2.64 bits per heavy atom. The fourth-order valence-corrected chi connectivity index (χ4v) is 2.86. The molecule has 2 aromatic carbocycles. The Balaban J connectivity index is 1.72. The molecular formula is C20H17N3O2. The first-order chi connectivity index (χ1) is 12.3. The Labute approximate surface area is 144 Å². The van der Waals surface area contributed by atoms with E-state index in [1.807, 2.05) is 61.5 Å². The van der Waals surface area contributed by atoms with Gasteiger partial charge in [0.05, 0.1) is 22.9 Å². The van der Waals surface area contributed by atoms with Gasteiger partial charge < -0.3 is 14.6 Å². The van der Waals surface area contributed by atoms with E-state index in [2.05, 4.69) is 10.5 Å². The molecule has 0 spiro atoms. The van der Waals surface area contributed by atoms with Gasteiger partial charge in [0.1, 0.15) is 18.5 Å². The third-order valence-corrected chi connectivity index (χ3v) is 4.09. The smallest absolute Gasteiger partial charge is 0.146 e. The molecule has 4 rings (SSSR count). The van der Waals surface area contributed by atoms with Gasteiger partial charge in [-0.15, -0.1) is 0 Å². The number of fused-ring (bicyclic) bond motifs is 3. The molecule has 0 unspecified atom stereocenters. The molecule has 2 aromatic heterocycles. The highest BCUT2D eigenvalue weighted by Gasteiger charge is 2.11. The molecule has 0 aliphatic carbocycles. The van der Waals surface area contributed by atoms with Crippen molar-refractivity contribution in [3.63, 3.8) is 0 Å². The zero-order valence-corrected chi connectivity index (χ0v) is 14.0. The van der Waals surface area contributed by atoms with Gasteiger partial charge in [0.2, 0.25) is 0 Å². The van der Waals surface area contributed by atoms with Gasteiger partial charge in [-0.25, -0.2) is 4.98 Å². The number of benzene rings is 2. The van der Waals surface area contributed by atoms with E-state index in [0.29, 0.717) is 0 Å². The van der Waals surface area contributed by atoms with Gasteiger partial charge in [0.25, 0.3) is 0 Å². The number of rotatable bonds is 4. The quantitative estimate of drug-likeness (QED) is 0.418. The molecule has 0 radical (unpaired) electrons. The minimum absolute atomic E-state index is 0.775. The summed E-state index contributed by atoms with van der Waals surface area (Å²) in [6.45, 7) is 1.91. The number of furan rings is 1. The Kier molecular flexibility index (Phi) is 3.82. The van der Waals surface area contributed by atoms with Crippen LogP contribution in [0.1, 0.15) is 12.5 Å². The molecule has 0 aliphatic heterocycles. The SMILES string of the molecule is CO/N=C(\C)c1ccc(Nc2nc3ccccc3c3occc23)cc1. The van der Waals surface area contributed by atoms with Crippen LogP contribution in [-0.2, 0) is 4.84 Å². The molecule has 2 heterocycles. The van der Waals surface area contributed by atoms with Gasteiger partial charge in [-0.05, 0) is 42.8 Å². The van der Waals surface area contributed by atoms with Crippen molar-refractivity contribution < 1.29 is 9.25 Å². The number of hydrogen-bond donors (Lipinski definition) is 1. The van der Waals surface area contributed by atoms with Crippen molar-refractivity contribution in [2.45, 2.75) is 6.92 Å². The molecule has 1 N–H and O–H groups in total. The number of para-hydroxylation sites is 1. The van der Waals surface area contributed by atoms with Crippen LogP contribution in [0.3, 0.4) is 0 Å². The summed E-state index contributed by atoms with van der Waals surface area (Å²) < 4.78 is 5.68. The summed E-state index contributed by atoms with van der Waals surface area (Å²) in [6, 6.07) is 17.9. The average molecular weight is 331 g/mol. The van der Waals surface area contributed by atoms with E-state index in [1.54, 1.807) is 13.4 Å². The standard InChI is InChI=1S/C20H17N3O2/c1-13(23-24-2)14-7-9-15(10-8-14)21-20-17-11-12-25-19(17)16-5-3-4-6-18(16)22-20/h3-12H,1-2H3,(H,21,22)/b23-13+. The van der Waals surface area contributed by atoms with Crippen molar-refractivity contribution in [2.24, 2.45) is 5.16 Å². The summed E-state index contributed by atoms with van der Waals surface area (Å²) in [7, 11) is 1.54. The molecule has 0 amide bonds. The number of pyridine rings is 1. The van der Waals surface area contributed by atoms with E-state index in [9.17, 15) is 0 Å². The number of hydrogen-bond acceptors (Lipinski definition) is 5. The van der Waals surface area contributed by atoms with Gasteiger partial charge >= 0.3 is 0 Å². The lowest BCUT2D eigenvalue weighted by atomic mass is 10.1. The molecule has 4 aromatic rings. The topological polar surface area (TPSA) is 59.6 Å². The van der Waals surface area contributed by atoms with E-state index < -0.39 is 0 Å². The summed E-state index contributed by atoms with van der Waals surface area (Å²) in [5.41, 5.74) is 4.52. The molecule has 25 heavy (non-hydrogen) atoms. The molecule has 0 saturated heterocycles. The van der Waals surface area contributed by atoms with Gasteiger partial charge in [0, 0.05) is 11.1 Å². The molecule has 124 valence electrons. The minimum atomic E-state index is 0.775. The van der Waals surface area contributed by atoms with E-state index in [0.717, 1.165) is 44.7 Å². The molecule has 0 bridgehead atoms. The van der Waals surface area contributed by atoms with Crippen molar-refractivity contribution in [1.29, 1.82) is 0 Å². The lowest BCUT2D eigenvalue weighted by molar-refractivity contribution is 0.213. The Morgan fingerprint density at radius 2 is 1.84 bits per heavy atom. The fourth-order valence-electron chi connectivity index (χ4n) is 2.86. The first-order valence-corrected chi connectivity index (χ1v) is 7.97. The van der Waals surface area contributed by atoms with Crippen LogP contribution in [0.15, 0.2) is 70.4 Å². The van der Waals surface area contributed by atoms with Gasteiger partial charge in [-0.1, -0.05) is 29.4 Å². The van der Waals surface area contributed by atoms with E-state index in [-0.39, 0.29) is 0 Å². The minimum Gasteiger partial charge on any atom is -0.463 e. The second kappa shape index (κ2) is 6.28. The number of aromatic nitrogens is 1. The maximum atomic E-state index is 5.68. The fraction of sp³-hybridized carbons (Fsp3) is 0.100. The zero-order valence-electron chi connectivity index (χ0n) is 14.0. The molecule has 0 saturated carbocycles. The predicted octanol–water partition coefficient (Wildman–Crippen LogP) is 5.10. The van der Waals surface area contributed by atoms with Crippen LogP contribution < -0.4 is 5.32 Å². The number of anilines is 2. The Morgan fingerprint density at radius 1 is 1.04 bits per heavy atom. The van der Waals surface area contributed by atoms with Crippen molar-refractivity contribution in [2.75, 3.05) is 12.4 Å². The lowest BCUT2D eigenvalue weighted by Crippen LogP contribution is -1.98. The van der Waals surface area contributed by atoms with E-state index >= 15 is 0 Å². The number of nitrogens with one attached hydrogen (secondary N) is 1. The van der Waals surface area contributed by atoms with E-state index in [1.165, 1.54) is 0 Å². The molecule has 0 fully saturated rings. The summed E-state index contributed by atoms with van der Waals surface area (Å²) in [5.74, 6) is 0.775. The van der Waals surface area contributed by atoms with Crippen LogP contribution in [0.2, 0.25) is 0 Å². The normalized spacial score (nSPS) is 11.8. The molecular weight excluding hydrogens is 314 g/mol. The maximum absolute atomic E-state index is 5.68. The number of oxime groups is 1. The van der Waals surface area contributed by atoms with Gasteiger partial charge in [-0.2, -0.15) is 0 Å². The number of nitrogens with zero attached hydrogens (tertiary/aromatic N) is 2. The van der Waals surface area contributed by atoms with Crippen LogP contribution in [-0.4, -0.2) is 17.8 Å². The second-order valence-electron chi connectivity index (χ2n) is 5.70. The summed E-state index contributed by atoms with van der Waals surface area (Å²) in [4.78, 5) is 9.56. The van der Waals surface area contributed by atoms with Crippen molar-refractivity contribution in [3.05, 3.63) is 66.4 Å². The summed E-state index contributed by atoms with van der Waals surface area (Å²) in [5, 5.41) is 9.30. The maximum Gasteiger partial charge on any atom is 0.146 e. The Hall–Kier alpha value is -3.34.